The predicted octanol–water partition coefficient (Wildman–Crippen LogP) is 4.75. The molecule has 3 rings (SSSR count). The summed E-state index contributed by atoms with van der Waals surface area (Å²) in [6, 6.07) is 9.13. The van der Waals surface area contributed by atoms with Crippen LogP contribution in [0.1, 0.15) is 52.1 Å². The zero-order valence-electron chi connectivity index (χ0n) is 23.6. The van der Waals surface area contributed by atoms with E-state index in [4.69, 9.17) is 24.6 Å². The van der Waals surface area contributed by atoms with Crippen LogP contribution in [0, 0.1) is 11.3 Å². The van der Waals surface area contributed by atoms with Crippen LogP contribution in [0.4, 0.5) is 16.4 Å². The molecular weight excluding hydrogens is 530 g/mol. The van der Waals surface area contributed by atoms with Crippen LogP contribution in [-0.4, -0.2) is 74.6 Å². The lowest BCUT2D eigenvalue weighted by Crippen LogP contribution is -2.38. The van der Waals surface area contributed by atoms with Gasteiger partial charge in [0, 0.05) is 25.6 Å². The second kappa shape index (κ2) is 14.5. The maximum absolute atomic E-state index is 12.7. The minimum Gasteiger partial charge on any atom is -0.496 e. The van der Waals surface area contributed by atoms with Crippen LogP contribution in [0.2, 0.25) is 0 Å². The van der Waals surface area contributed by atoms with Gasteiger partial charge in [-0.25, -0.2) is 14.8 Å². The second-order valence-corrected chi connectivity index (χ2v) is 10.0. The molecule has 13 nitrogen and oxygen atoms in total. The lowest BCUT2D eigenvalue weighted by atomic mass is 10.1. The summed E-state index contributed by atoms with van der Waals surface area (Å²) in [5.74, 6) is 1.18. The fourth-order valence-electron chi connectivity index (χ4n) is 3.80. The van der Waals surface area contributed by atoms with Crippen LogP contribution >= 0.6 is 0 Å². The number of carboxylic acids is 1. The van der Waals surface area contributed by atoms with Gasteiger partial charge in [0.1, 0.15) is 29.0 Å². The Bertz CT molecular complexity index is 1350. The molecule has 3 aromatic rings. The van der Waals surface area contributed by atoms with Gasteiger partial charge in [0.15, 0.2) is 11.5 Å². The van der Waals surface area contributed by atoms with E-state index in [9.17, 15) is 9.59 Å². The Kier molecular flexibility index (Phi) is 10.9. The van der Waals surface area contributed by atoms with E-state index >= 15 is 0 Å². The highest BCUT2D eigenvalue weighted by Crippen LogP contribution is 2.38. The molecular formula is C28H35N7O6. The quantitative estimate of drug-likeness (QED) is 0.230. The number of nitrogens with one attached hydrogen (secondary N) is 2. The Morgan fingerprint density at radius 1 is 1.10 bits per heavy atom. The number of carbonyl (C=O) groups is 2. The van der Waals surface area contributed by atoms with Crippen LogP contribution in [0.5, 0.6) is 11.5 Å². The number of H-pyrrole nitrogens is 1. The predicted molar refractivity (Wildman–Crippen MR) is 150 cm³/mol. The SMILES string of the molecule is COc1cccc(OCCCN(CCCCC(=O)O)C(=O)OC(C)(C)C)c1-c1cc(Nc2cnc(C#N)cn2)n[nH]1. The average molecular weight is 566 g/mol. The minimum absolute atomic E-state index is 0.0512. The molecule has 41 heavy (non-hydrogen) atoms. The summed E-state index contributed by atoms with van der Waals surface area (Å²) in [5, 5.41) is 28.1. The van der Waals surface area contributed by atoms with Crippen molar-refractivity contribution in [2.45, 2.75) is 52.1 Å². The van der Waals surface area contributed by atoms with Crippen molar-refractivity contribution >= 4 is 23.7 Å². The number of hydrogen-bond donors (Lipinski definition) is 3. The Morgan fingerprint density at radius 2 is 1.85 bits per heavy atom. The van der Waals surface area contributed by atoms with E-state index in [1.54, 1.807) is 38.8 Å². The highest BCUT2D eigenvalue weighted by molar-refractivity contribution is 5.76. The van der Waals surface area contributed by atoms with Gasteiger partial charge in [-0.1, -0.05) is 6.07 Å². The number of methoxy groups -OCH3 is 1. The Hall–Kier alpha value is -4.86. The van der Waals surface area contributed by atoms with Crippen LogP contribution in [0.15, 0.2) is 36.7 Å². The van der Waals surface area contributed by atoms with Crippen LogP contribution in [0.3, 0.4) is 0 Å². The van der Waals surface area contributed by atoms with Crippen molar-refractivity contribution < 1.29 is 28.9 Å². The van der Waals surface area contributed by atoms with Gasteiger partial charge in [0.25, 0.3) is 0 Å². The van der Waals surface area contributed by atoms with Gasteiger partial charge in [-0.2, -0.15) is 10.4 Å². The molecule has 0 aliphatic carbocycles. The van der Waals surface area contributed by atoms with Gasteiger partial charge in [0.2, 0.25) is 0 Å². The second-order valence-electron chi connectivity index (χ2n) is 10.0. The third kappa shape index (κ3) is 9.68. The zero-order valence-corrected chi connectivity index (χ0v) is 23.6. The largest absolute Gasteiger partial charge is 0.496 e. The smallest absolute Gasteiger partial charge is 0.410 e. The summed E-state index contributed by atoms with van der Waals surface area (Å²) >= 11 is 0. The maximum atomic E-state index is 12.7. The van der Waals surface area contributed by atoms with Gasteiger partial charge in [-0.3, -0.25) is 9.89 Å². The van der Waals surface area contributed by atoms with Gasteiger partial charge in [0.05, 0.1) is 37.4 Å². The number of benzene rings is 1. The van der Waals surface area contributed by atoms with Gasteiger partial charge in [-0.05, 0) is 52.2 Å². The molecule has 0 bridgehead atoms. The fraction of sp³-hybridized carbons (Fsp3) is 0.429. The van der Waals surface area contributed by atoms with E-state index in [1.165, 1.54) is 12.4 Å². The summed E-state index contributed by atoms with van der Waals surface area (Å²) in [7, 11) is 1.56. The number of aliphatic carboxylic acids is 1. The summed E-state index contributed by atoms with van der Waals surface area (Å²) in [5.41, 5.74) is 0.864. The number of amides is 1. The molecule has 218 valence electrons. The van der Waals surface area contributed by atoms with Crippen molar-refractivity contribution in [3.8, 4) is 28.8 Å². The molecule has 0 atom stereocenters. The average Bonchev–Trinajstić information content (AvgIpc) is 3.39. The van der Waals surface area contributed by atoms with Crippen molar-refractivity contribution in [3.05, 3.63) is 42.4 Å². The number of aromatic amines is 1. The first-order valence-corrected chi connectivity index (χ1v) is 13.1. The summed E-state index contributed by atoms with van der Waals surface area (Å²) in [6.45, 7) is 6.47. The number of nitriles is 1. The van der Waals surface area contributed by atoms with E-state index < -0.39 is 17.7 Å². The highest BCUT2D eigenvalue weighted by atomic mass is 16.6. The first-order chi connectivity index (χ1) is 19.6. The van der Waals surface area contributed by atoms with Crippen molar-refractivity contribution in [1.29, 1.82) is 5.26 Å². The molecule has 0 radical (unpaired) electrons. The normalized spacial score (nSPS) is 10.9. The van der Waals surface area contributed by atoms with Crippen molar-refractivity contribution in [2.24, 2.45) is 0 Å². The topological polar surface area (TPSA) is 176 Å². The molecule has 0 saturated heterocycles. The van der Waals surface area contributed by atoms with Crippen molar-refractivity contribution in [2.75, 3.05) is 32.1 Å². The molecule has 1 amide bonds. The number of rotatable bonds is 14. The monoisotopic (exact) mass is 565 g/mol. The number of aromatic nitrogens is 4. The number of carboxylic acid groups (broad SMARTS) is 1. The molecule has 2 aromatic heterocycles. The lowest BCUT2D eigenvalue weighted by molar-refractivity contribution is -0.137. The fourth-order valence-corrected chi connectivity index (χ4v) is 3.80. The number of carbonyl (C=O) groups excluding carboxylic acids is 1. The molecule has 0 aliphatic heterocycles. The maximum Gasteiger partial charge on any atom is 0.410 e. The minimum atomic E-state index is -0.862. The number of unbranched alkanes of at least 4 members (excludes halogenated alkanes) is 1. The molecule has 13 heteroatoms. The molecule has 0 unspecified atom stereocenters. The van der Waals surface area contributed by atoms with Crippen LogP contribution in [0.25, 0.3) is 11.3 Å². The summed E-state index contributed by atoms with van der Waals surface area (Å²) in [6.07, 6.45) is 3.95. The van der Waals surface area contributed by atoms with Crippen LogP contribution < -0.4 is 14.8 Å². The molecule has 3 N–H and O–H groups in total. The first kappa shape index (κ1) is 30.7. The number of hydrogen-bond acceptors (Lipinski definition) is 10. The lowest BCUT2D eigenvalue weighted by Gasteiger charge is -2.27. The Morgan fingerprint density at radius 3 is 2.51 bits per heavy atom. The zero-order chi connectivity index (χ0) is 29.8. The van der Waals surface area contributed by atoms with Gasteiger partial charge >= 0.3 is 12.1 Å². The van der Waals surface area contributed by atoms with E-state index in [-0.39, 0.29) is 12.1 Å². The van der Waals surface area contributed by atoms with E-state index in [0.29, 0.717) is 73.4 Å². The molecule has 0 spiro atoms. The molecule has 1 aromatic carbocycles. The van der Waals surface area contributed by atoms with Gasteiger partial charge in [-0.15, -0.1) is 0 Å². The van der Waals surface area contributed by atoms with Crippen molar-refractivity contribution in [1.82, 2.24) is 25.1 Å². The van der Waals surface area contributed by atoms with Crippen LogP contribution in [-0.2, 0) is 9.53 Å². The first-order valence-electron chi connectivity index (χ1n) is 13.1. The Balaban J connectivity index is 1.66. The third-order valence-corrected chi connectivity index (χ3v) is 5.63. The van der Waals surface area contributed by atoms with E-state index in [2.05, 4.69) is 25.5 Å². The van der Waals surface area contributed by atoms with E-state index in [0.717, 1.165) is 0 Å². The molecule has 0 saturated carbocycles. The molecule has 0 fully saturated rings. The molecule has 0 aliphatic rings. The number of nitrogens with zero attached hydrogens (tertiary/aromatic N) is 5. The standard InChI is InChI=1S/C28H35N7O6/c1-28(2,3)41-27(38)35(12-6-5-11-25(36)37)13-8-14-40-22-10-7-9-21(39-4)26(22)20-15-23(34-33-20)32-24-18-30-19(16-29)17-31-24/h7,9-10,15,17-18H,5-6,8,11-14H2,1-4H3,(H,36,37)(H2,31,32,33,34). The summed E-state index contributed by atoms with van der Waals surface area (Å²) < 4.78 is 17.2. The number of ether oxygens (including phenoxy) is 3. The third-order valence-electron chi connectivity index (χ3n) is 5.63. The van der Waals surface area contributed by atoms with Gasteiger partial charge < -0.3 is 29.5 Å². The molecule has 2 heterocycles. The summed E-state index contributed by atoms with van der Waals surface area (Å²) in [4.78, 5) is 33.3. The number of anilines is 2. The highest BCUT2D eigenvalue weighted by Gasteiger charge is 2.22. The Labute approximate surface area is 238 Å². The van der Waals surface area contributed by atoms with E-state index in [1.807, 2.05) is 24.3 Å². The van der Waals surface area contributed by atoms with Crippen molar-refractivity contribution in [3.63, 3.8) is 0 Å².